The van der Waals surface area contributed by atoms with E-state index in [4.69, 9.17) is 0 Å². The van der Waals surface area contributed by atoms with Gasteiger partial charge in [-0.15, -0.1) is 0 Å². The second-order valence-electron chi connectivity index (χ2n) is 2.68. The molecule has 0 aliphatic carbocycles. The summed E-state index contributed by atoms with van der Waals surface area (Å²) in [6, 6.07) is 2.06. The van der Waals surface area contributed by atoms with E-state index in [1.54, 1.807) is 0 Å². The van der Waals surface area contributed by atoms with Gasteiger partial charge in [0.05, 0.1) is 4.92 Å². The molecule has 0 unspecified atom stereocenters. The molecule has 0 spiro atoms. The number of hydrogen-bond acceptors (Lipinski definition) is 3. The van der Waals surface area contributed by atoms with E-state index in [2.05, 4.69) is 4.74 Å². The van der Waals surface area contributed by atoms with Gasteiger partial charge in [0.2, 0.25) is 11.6 Å². The van der Waals surface area contributed by atoms with Gasteiger partial charge in [-0.05, 0) is 18.6 Å². The van der Waals surface area contributed by atoms with Crippen LogP contribution in [0.2, 0.25) is 0 Å². The quantitative estimate of drug-likeness (QED) is 0.582. The highest BCUT2D eigenvalue weighted by molar-refractivity contribution is 5.49. The first-order valence-electron chi connectivity index (χ1n) is 3.81. The lowest BCUT2D eigenvalue weighted by Gasteiger charge is -2.06. The van der Waals surface area contributed by atoms with Crippen LogP contribution in [0.25, 0.3) is 0 Å². The molecule has 0 amide bonds. The maximum absolute atomic E-state index is 13.2. The maximum Gasteiger partial charge on any atom is 0.387 e. The van der Waals surface area contributed by atoms with Crippen LogP contribution in [-0.4, -0.2) is 11.5 Å². The van der Waals surface area contributed by atoms with E-state index in [0.717, 1.165) is 12.1 Å². The lowest BCUT2D eigenvalue weighted by Crippen LogP contribution is -2.06. The van der Waals surface area contributed by atoms with E-state index in [-0.39, 0.29) is 5.56 Å². The Hall–Kier alpha value is -1.79. The second-order valence-corrected chi connectivity index (χ2v) is 2.68. The molecule has 0 atom stereocenters. The molecule has 4 nitrogen and oxygen atoms in total. The third-order valence-electron chi connectivity index (χ3n) is 1.67. The number of rotatable bonds is 3. The van der Waals surface area contributed by atoms with Crippen molar-refractivity contribution < 1.29 is 22.8 Å². The minimum atomic E-state index is -3.23. The maximum atomic E-state index is 13.2. The number of ether oxygens (including phenoxy) is 1. The zero-order chi connectivity index (χ0) is 11.6. The van der Waals surface area contributed by atoms with Gasteiger partial charge in [0, 0.05) is 0 Å². The SMILES string of the molecule is Cc1ccc(OC(F)F)c([N+](=O)[O-])c1F. The standard InChI is InChI=1S/C8H6F3NO3/c1-4-2-3-5(15-8(10)11)7(6(4)9)12(13)14/h2-3,8H,1H3. The second kappa shape index (κ2) is 4.16. The van der Waals surface area contributed by atoms with E-state index in [1.807, 2.05) is 0 Å². The van der Waals surface area contributed by atoms with Gasteiger partial charge in [0.25, 0.3) is 0 Å². The number of alkyl halides is 2. The van der Waals surface area contributed by atoms with Gasteiger partial charge in [-0.25, -0.2) is 0 Å². The van der Waals surface area contributed by atoms with Crippen LogP contribution >= 0.6 is 0 Å². The highest BCUT2D eigenvalue weighted by Gasteiger charge is 2.25. The largest absolute Gasteiger partial charge is 0.427 e. The summed E-state index contributed by atoms with van der Waals surface area (Å²) in [7, 11) is 0. The van der Waals surface area contributed by atoms with Crippen molar-refractivity contribution in [2.45, 2.75) is 13.5 Å². The summed E-state index contributed by atoms with van der Waals surface area (Å²) in [5, 5.41) is 10.4. The number of nitrogens with zero attached hydrogens (tertiary/aromatic N) is 1. The molecule has 0 saturated carbocycles. The predicted octanol–water partition coefficient (Wildman–Crippen LogP) is 2.64. The number of nitro benzene ring substituents is 1. The number of nitro groups is 1. The molecule has 7 heteroatoms. The Morgan fingerprint density at radius 2 is 2.07 bits per heavy atom. The molecule has 0 aliphatic rings. The normalized spacial score (nSPS) is 10.5. The minimum Gasteiger partial charge on any atom is -0.427 e. The third kappa shape index (κ3) is 2.36. The fraction of sp³-hybridized carbons (Fsp3) is 0.250. The number of halogens is 3. The minimum absolute atomic E-state index is 0.0108. The van der Waals surface area contributed by atoms with Crippen molar-refractivity contribution in [3.63, 3.8) is 0 Å². The smallest absolute Gasteiger partial charge is 0.387 e. The van der Waals surface area contributed by atoms with Gasteiger partial charge >= 0.3 is 12.3 Å². The molecule has 0 radical (unpaired) electrons. The molecule has 1 aromatic rings. The van der Waals surface area contributed by atoms with Gasteiger partial charge in [-0.2, -0.15) is 13.2 Å². The Labute approximate surface area is 82.4 Å². The Balaban J connectivity index is 3.27. The number of aryl methyl sites for hydroxylation is 1. The molecule has 0 saturated heterocycles. The molecule has 0 aliphatic heterocycles. The molecule has 1 rings (SSSR count). The van der Waals surface area contributed by atoms with Crippen LogP contribution in [0, 0.1) is 22.9 Å². The fourth-order valence-corrected chi connectivity index (χ4v) is 1.01. The highest BCUT2D eigenvalue weighted by atomic mass is 19.3. The first kappa shape index (κ1) is 11.3. The lowest BCUT2D eigenvalue weighted by molar-refractivity contribution is -0.389. The molecule has 1 aromatic carbocycles. The van der Waals surface area contributed by atoms with Crippen LogP contribution in [0.3, 0.4) is 0 Å². The van der Waals surface area contributed by atoms with Gasteiger partial charge in [0.15, 0.2) is 0 Å². The summed E-state index contributed by atoms with van der Waals surface area (Å²) >= 11 is 0. The Morgan fingerprint density at radius 1 is 1.47 bits per heavy atom. The topological polar surface area (TPSA) is 52.4 Å². The summed E-state index contributed by atoms with van der Waals surface area (Å²) in [6.07, 6.45) is 0. The summed E-state index contributed by atoms with van der Waals surface area (Å²) < 4.78 is 40.7. The van der Waals surface area contributed by atoms with Crippen molar-refractivity contribution >= 4 is 5.69 Å². The summed E-state index contributed by atoms with van der Waals surface area (Å²) in [4.78, 5) is 9.32. The van der Waals surface area contributed by atoms with Crippen LogP contribution < -0.4 is 4.74 Å². The van der Waals surface area contributed by atoms with Gasteiger partial charge < -0.3 is 4.74 Å². The van der Waals surface area contributed by atoms with E-state index >= 15 is 0 Å². The average molecular weight is 221 g/mol. The van der Waals surface area contributed by atoms with Crippen LogP contribution in [0.4, 0.5) is 18.9 Å². The van der Waals surface area contributed by atoms with Crippen molar-refractivity contribution in [2.75, 3.05) is 0 Å². The van der Waals surface area contributed by atoms with Crippen LogP contribution in [0.5, 0.6) is 5.75 Å². The Morgan fingerprint density at radius 3 is 2.53 bits per heavy atom. The summed E-state index contributed by atoms with van der Waals surface area (Å²) in [5.41, 5.74) is -1.08. The highest BCUT2D eigenvalue weighted by Crippen LogP contribution is 2.32. The van der Waals surface area contributed by atoms with Crippen LogP contribution in [0.1, 0.15) is 5.56 Å². The molecule has 0 N–H and O–H groups in total. The van der Waals surface area contributed by atoms with Gasteiger partial charge in [-0.3, -0.25) is 10.1 Å². The average Bonchev–Trinajstić information content (AvgIpc) is 2.10. The number of benzene rings is 1. The Kier molecular flexibility index (Phi) is 3.13. The van der Waals surface area contributed by atoms with Crippen molar-refractivity contribution in [3.05, 3.63) is 33.6 Å². The van der Waals surface area contributed by atoms with Gasteiger partial charge in [0.1, 0.15) is 0 Å². The van der Waals surface area contributed by atoms with E-state index < -0.39 is 28.8 Å². The molecule has 0 bridgehead atoms. The zero-order valence-corrected chi connectivity index (χ0v) is 7.54. The third-order valence-corrected chi connectivity index (χ3v) is 1.67. The van der Waals surface area contributed by atoms with E-state index in [0.29, 0.717) is 0 Å². The molecule has 82 valence electrons. The van der Waals surface area contributed by atoms with Crippen LogP contribution in [-0.2, 0) is 0 Å². The van der Waals surface area contributed by atoms with E-state index in [9.17, 15) is 23.3 Å². The van der Waals surface area contributed by atoms with Crippen molar-refractivity contribution in [1.82, 2.24) is 0 Å². The summed E-state index contributed by atoms with van der Waals surface area (Å²) in [6.45, 7) is -1.94. The van der Waals surface area contributed by atoms with Gasteiger partial charge in [-0.1, -0.05) is 6.07 Å². The lowest BCUT2D eigenvalue weighted by atomic mass is 10.2. The summed E-state index contributed by atoms with van der Waals surface area (Å²) in [5.74, 6) is -1.95. The van der Waals surface area contributed by atoms with Crippen LogP contribution in [0.15, 0.2) is 12.1 Å². The van der Waals surface area contributed by atoms with Crippen molar-refractivity contribution in [3.8, 4) is 5.75 Å². The van der Waals surface area contributed by atoms with Crippen molar-refractivity contribution in [1.29, 1.82) is 0 Å². The fourth-order valence-electron chi connectivity index (χ4n) is 1.01. The number of hydrogen-bond donors (Lipinski definition) is 0. The predicted molar refractivity (Wildman–Crippen MR) is 44.4 cm³/mol. The zero-order valence-electron chi connectivity index (χ0n) is 7.54. The van der Waals surface area contributed by atoms with Crippen molar-refractivity contribution in [2.24, 2.45) is 0 Å². The molecule has 15 heavy (non-hydrogen) atoms. The molecule has 0 aromatic heterocycles. The molecule has 0 fully saturated rings. The van der Waals surface area contributed by atoms with E-state index in [1.165, 1.54) is 6.92 Å². The molecule has 0 heterocycles. The Bertz CT molecular complexity index is 395. The molecular formula is C8H6F3NO3. The monoisotopic (exact) mass is 221 g/mol. The molecular weight excluding hydrogens is 215 g/mol. The first-order chi connectivity index (χ1) is 6.93. The first-order valence-corrected chi connectivity index (χ1v) is 3.81.